The quantitative estimate of drug-likeness (QED) is 0.158. The van der Waals surface area contributed by atoms with Gasteiger partial charge in [0.15, 0.2) is 11.4 Å². The van der Waals surface area contributed by atoms with E-state index < -0.39 is 0 Å². The van der Waals surface area contributed by atoms with E-state index in [-0.39, 0.29) is 0 Å². The molecule has 0 aliphatic carbocycles. The molecule has 3 nitrogen and oxygen atoms in total. The third kappa shape index (κ3) is 6.06. The number of rotatable bonds is 6. The minimum absolute atomic E-state index is 0.652. The van der Waals surface area contributed by atoms with E-state index in [9.17, 15) is 0 Å². The van der Waals surface area contributed by atoms with Crippen molar-refractivity contribution in [3.8, 4) is 67.2 Å². The number of nitrogens with zero attached hydrogens (tertiary/aromatic N) is 2. The highest BCUT2D eigenvalue weighted by Crippen LogP contribution is 2.41. The summed E-state index contributed by atoms with van der Waals surface area (Å²) in [6.07, 6.45) is 0. The Labute approximate surface area is 352 Å². The Morgan fingerprint density at radius 1 is 0.262 bits per heavy atom. The summed E-state index contributed by atoms with van der Waals surface area (Å²) in [7, 11) is 0. The highest BCUT2D eigenvalue weighted by molar-refractivity contribution is 6.25. The first kappa shape index (κ1) is 34.9. The molecule has 2 heterocycles. The van der Waals surface area contributed by atoms with Crippen LogP contribution in [0.3, 0.4) is 0 Å². The molecule has 0 saturated heterocycles. The predicted molar refractivity (Wildman–Crippen MR) is 254 cm³/mol. The predicted octanol–water partition coefficient (Wildman–Crippen LogP) is 15.8. The number of hydrogen-bond donors (Lipinski definition) is 0. The van der Waals surface area contributed by atoms with Crippen LogP contribution in [-0.4, -0.2) is 9.97 Å². The molecule has 0 spiro atoms. The van der Waals surface area contributed by atoms with E-state index in [2.05, 4.69) is 206 Å². The van der Waals surface area contributed by atoms with Crippen LogP contribution < -0.4 is 0 Å². The fraction of sp³-hybridized carbons (Fsp3) is 0. The van der Waals surface area contributed by atoms with Gasteiger partial charge in [0.05, 0.1) is 0 Å². The molecule has 0 aliphatic rings. The molecule has 12 aromatic rings. The van der Waals surface area contributed by atoms with E-state index in [0.29, 0.717) is 11.4 Å². The Morgan fingerprint density at radius 2 is 0.672 bits per heavy atom. The lowest BCUT2D eigenvalue weighted by molar-refractivity contribution is 0.667. The van der Waals surface area contributed by atoms with Crippen LogP contribution in [-0.2, 0) is 0 Å². The molecule has 3 heteroatoms. The van der Waals surface area contributed by atoms with Gasteiger partial charge in [-0.15, -0.1) is 0 Å². The molecule has 0 unspecified atom stereocenters. The Kier molecular flexibility index (Phi) is 8.17. The maximum absolute atomic E-state index is 6.72. The van der Waals surface area contributed by atoms with Crippen LogP contribution in [0.1, 0.15) is 0 Å². The van der Waals surface area contributed by atoms with Crippen molar-refractivity contribution in [1.29, 1.82) is 0 Å². The lowest BCUT2D eigenvalue weighted by atomic mass is 9.91. The van der Waals surface area contributed by atoms with Crippen molar-refractivity contribution < 1.29 is 4.42 Å². The van der Waals surface area contributed by atoms with E-state index in [0.717, 1.165) is 66.7 Å². The summed E-state index contributed by atoms with van der Waals surface area (Å²) in [6.45, 7) is 0. The van der Waals surface area contributed by atoms with Crippen LogP contribution >= 0.6 is 0 Å². The van der Waals surface area contributed by atoms with Crippen molar-refractivity contribution >= 4 is 54.4 Å². The maximum Gasteiger partial charge on any atom is 0.180 e. The summed E-state index contributed by atoms with van der Waals surface area (Å²) in [5.74, 6) is 0.652. The Morgan fingerprint density at radius 3 is 1.31 bits per heavy atom. The molecule has 0 saturated carbocycles. The normalized spacial score (nSPS) is 11.6. The van der Waals surface area contributed by atoms with Crippen molar-refractivity contribution in [2.75, 3.05) is 0 Å². The molecule has 0 aliphatic heterocycles. The standard InChI is InChI=1S/C58H36N2O/c1-3-13-37(14-4-1)39-25-27-40(28-26-39)58-59-55(46-20-12-17-41(34-46)38-15-5-2-6-16-38)57-56(60-58)53-36-45(30-32-54(53)61-57)43-19-11-18-42(33-43)44-29-31-51-49-23-8-7-21-47(49)48-22-9-10-24-50(48)52(51)35-44/h1-36H. The zero-order chi connectivity index (χ0) is 40.3. The van der Waals surface area contributed by atoms with Gasteiger partial charge in [-0.2, -0.15) is 0 Å². The van der Waals surface area contributed by atoms with Crippen LogP contribution in [0.5, 0.6) is 0 Å². The number of furan rings is 1. The number of aromatic nitrogens is 2. The fourth-order valence-corrected chi connectivity index (χ4v) is 9.03. The largest absolute Gasteiger partial charge is 0.452 e. The first-order valence-corrected chi connectivity index (χ1v) is 20.7. The average Bonchev–Trinajstić information content (AvgIpc) is 3.72. The van der Waals surface area contributed by atoms with Crippen LogP contribution in [0.25, 0.3) is 122 Å². The topological polar surface area (TPSA) is 38.9 Å². The molecular weight excluding hydrogens is 741 g/mol. The van der Waals surface area contributed by atoms with Gasteiger partial charge in [-0.1, -0.05) is 188 Å². The third-order valence-corrected chi connectivity index (χ3v) is 12.1. The van der Waals surface area contributed by atoms with Gasteiger partial charge in [-0.25, -0.2) is 9.97 Å². The van der Waals surface area contributed by atoms with Gasteiger partial charge in [0.2, 0.25) is 0 Å². The first-order chi connectivity index (χ1) is 30.2. The Bertz CT molecular complexity index is 3590. The highest BCUT2D eigenvalue weighted by atomic mass is 16.3. The van der Waals surface area contributed by atoms with Gasteiger partial charge in [0, 0.05) is 16.5 Å². The molecule has 10 aromatic carbocycles. The van der Waals surface area contributed by atoms with Crippen molar-refractivity contribution in [2.45, 2.75) is 0 Å². The summed E-state index contributed by atoms with van der Waals surface area (Å²) in [5.41, 5.74) is 14.1. The number of hydrogen-bond acceptors (Lipinski definition) is 3. The monoisotopic (exact) mass is 776 g/mol. The van der Waals surface area contributed by atoms with Crippen molar-refractivity contribution in [1.82, 2.24) is 9.97 Å². The molecule has 0 bridgehead atoms. The molecule has 12 rings (SSSR count). The van der Waals surface area contributed by atoms with E-state index in [1.54, 1.807) is 0 Å². The van der Waals surface area contributed by atoms with Gasteiger partial charge in [0.25, 0.3) is 0 Å². The van der Waals surface area contributed by atoms with Gasteiger partial charge < -0.3 is 4.42 Å². The van der Waals surface area contributed by atoms with Crippen molar-refractivity contribution in [3.63, 3.8) is 0 Å². The molecular formula is C58H36N2O. The van der Waals surface area contributed by atoms with Gasteiger partial charge in [0.1, 0.15) is 16.8 Å². The fourth-order valence-electron chi connectivity index (χ4n) is 9.03. The average molecular weight is 777 g/mol. The van der Waals surface area contributed by atoms with Crippen LogP contribution in [0.2, 0.25) is 0 Å². The summed E-state index contributed by atoms with van der Waals surface area (Å²) in [5, 5.41) is 8.59. The van der Waals surface area contributed by atoms with Crippen LogP contribution in [0, 0.1) is 0 Å². The number of benzene rings is 10. The minimum atomic E-state index is 0.652. The molecule has 61 heavy (non-hydrogen) atoms. The summed E-state index contributed by atoms with van der Waals surface area (Å²) >= 11 is 0. The lowest BCUT2D eigenvalue weighted by Crippen LogP contribution is -1.94. The zero-order valence-electron chi connectivity index (χ0n) is 33.1. The summed E-state index contributed by atoms with van der Waals surface area (Å²) in [6, 6.07) is 77.6. The Hall–Kier alpha value is -8.14. The first-order valence-electron chi connectivity index (χ1n) is 20.7. The minimum Gasteiger partial charge on any atom is -0.452 e. The molecule has 0 atom stereocenters. The van der Waals surface area contributed by atoms with E-state index >= 15 is 0 Å². The molecule has 0 N–H and O–H groups in total. The summed E-state index contributed by atoms with van der Waals surface area (Å²) in [4.78, 5) is 10.5. The Balaban J connectivity index is 0.995. The smallest absolute Gasteiger partial charge is 0.180 e. The second kappa shape index (κ2) is 14.3. The van der Waals surface area contributed by atoms with E-state index in [4.69, 9.17) is 14.4 Å². The molecule has 0 fully saturated rings. The SMILES string of the molecule is c1ccc(-c2ccc(-c3nc(-c4cccc(-c5ccccc5)c4)c4oc5ccc(-c6cccc(-c7ccc8c9ccccc9c9ccccc9c8c7)c6)cc5c4n3)cc2)cc1. The van der Waals surface area contributed by atoms with Crippen molar-refractivity contribution in [3.05, 3.63) is 218 Å². The number of fused-ring (bicyclic) bond motifs is 9. The van der Waals surface area contributed by atoms with Crippen molar-refractivity contribution in [2.24, 2.45) is 0 Å². The van der Waals surface area contributed by atoms with Gasteiger partial charge in [-0.05, 0) is 107 Å². The molecule has 284 valence electrons. The van der Waals surface area contributed by atoms with Crippen LogP contribution in [0.15, 0.2) is 223 Å². The lowest BCUT2D eigenvalue weighted by Gasteiger charge is -2.12. The van der Waals surface area contributed by atoms with E-state index in [1.165, 1.54) is 43.4 Å². The van der Waals surface area contributed by atoms with E-state index in [1.807, 2.05) is 12.1 Å². The molecule has 2 aromatic heterocycles. The maximum atomic E-state index is 6.72. The highest BCUT2D eigenvalue weighted by Gasteiger charge is 2.20. The molecule has 0 radical (unpaired) electrons. The second-order valence-corrected chi connectivity index (χ2v) is 15.7. The molecule has 0 amide bonds. The third-order valence-electron chi connectivity index (χ3n) is 12.1. The summed E-state index contributed by atoms with van der Waals surface area (Å²) < 4.78 is 6.72. The second-order valence-electron chi connectivity index (χ2n) is 15.7. The zero-order valence-corrected chi connectivity index (χ0v) is 33.1. The van der Waals surface area contributed by atoms with Gasteiger partial charge >= 0.3 is 0 Å². The van der Waals surface area contributed by atoms with Gasteiger partial charge in [-0.3, -0.25) is 0 Å². The van der Waals surface area contributed by atoms with Crippen LogP contribution in [0.4, 0.5) is 0 Å².